The lowest BCUT2D eigenvalue weighted by Gasteiger charge is -2.09. The molecule has 0 unspecified atom stereocenters. The Kier molecular flexibility index (Phi) is 4.81. The molecule has 3 rings (SSSR count). The average Bonchev–Trinajstić information content (AvgIpc) is 2.85. The molecule has 0 aliphatic heterocycles. The maximum absolute atomic E-state index is 13.1. The molecule has 1 aromatic carbocycles. The van der Waals surface area contributed by atoms with Crippen LogP contribution in [0.2, 0.25) is 0 Å². The number of benzene rings is 1. The number of likely N-dealkylation sites (N-methyl/N-ethyl adjacent to an activating group) is 1. The van der Waals surface area contributed by atoms with Gasteiger partial charge in [0, 0.05) is 23.8 Å². The van der Waals surface area contributed by atoms with Gasteiger partial charge in [-0.15, -0.1) is 0 Å². The van der Waals surface area contributed by atoms with E-state index in [1.54, 1.807) is 30.5 Å². The molecule has 0 saturated heterocycles. The predicted octanol–water partition coefficient (Wildman–Crippen LogP) is 1.76. The molecule has 0 atom stereocenters. The molecule has 2 aromatic heterocycles. The summed E-state index contributed by atoms with van der Waals surface area (Å²) in [6.07, 6.45) is 1.55. The second-order valence-corrected chi connectivity index (χ2v) is 8.51. The van der Waals surface area contributed by atoms with Crippen LogP contribution in [0.25, 0.3) is 11.2 Å². The van der Waals surface area contributed by atoms with E-state index in [9.17, 15) is 13.2 Å². The van der Waals surface area contributed by atoms with E-state index in [0.29, 0.717) is 23.2 Å². The Morgan fingerprint density at radius 2 is 1.96 bits per heavy atom. The van der Waals surface area contributed by atoms with Gasteiger partial charge in [0.05, 0.1) is 4.90 Å². The van der Waals surface area contributed by atoms with Crippen molar-refractivity contribution in [3.05, 3.63) is 57.6 Å². The zero-order valence-electron chi connectivity index (χ0n) is 13.8. The van der Waals surface area contributed by atoms with E-state index in [-0.39, 0.29) is 10.4 Å². The number of halogens is 1. The highest BCUT2D eigenvalue weighted by Crippen LogP contribution is 2.21. The molecule has 0 bridgehead atoms. The van der Waals surface area contributed by atoms with Crippen LogP contribution in [0.3, 0.4) is 0 Å². The van der Waals surface area contributed by atoms with Crippen molar-refractivity contribution in [2.45, 2.75) is 11.4 Å². The van der Waals surface area contributed by atoms with E-state index in [0.717, 1.165) is 3.97 Å². The topological polar surface area (TPSA) is 77.2 Å². The van der Waals surface area contributed by atoms with Crippen molar-refractivity contribution < 1.29 is 8.42 Å². The molecule has 0 aliphatic rings. The first kappa shape index (κ1) is 17.8. The molecule has 0 amide bonds. The largest absolute Gasteiger partial charge is 0.344 e. The second-order valence-electron chi connectivity index (χ2n) is 5.81. The summed E-state index contributed by atoms with van der Waals surface area (Å²) in [6, 6.07) is 9.48. The minimum Gasteiger partial charge on any atom is -0.308 e. The lowest BCUT2D eigenvalue weighted by atomic mass is 10.4. The molecule has 25 heavy (non-hydrogen) atoms. The average molecular weight is 425 g/mol. The fraction of sp³-hybridized carbons (Fsp3) is 0.250. The molecule has 0 N–H and O–H groups in total. The van der Waals surface area contributed by atoms with Crippen LogP contribution < -0.4 is 5.69 Å². The van der Waals surface area contributed by atoms with Crippen molar-refractivity contribution in [3.63, 3.8) is 0 Å². The minimum atomic E-state index is -4.04. The molecule has 0 fully saturated rings. The van der Waals surface area contributed by atoms with Crippen LogP contribution >= 0.6 is 15.9 Å². The van der Waals surface area contributed by atoms with Crippen LogP contribution in [-0.2, 0) is 16.6 Å². The van der Waals surface area contributed by atoms with Crippen molar-refractivity contribution in [3.8, 4) is 0 Å². The Hall–Kier alpha value is -1.97. The number of pyridine rings is 1. The summed E-state index contributed by atoms with van der Waals surface area (Å²) in [5.41, 5.74) is 0.00896. The number of fused-ring (bicyclic) bond motifs is 1. The number of aromatic nitrogens is 3. The van der Waals surface area contributed by atoms with Crippen LogP contribution in [0.15, 0.2) is 56.8 Å². The summed E-state index contributed by atoms with van der Waals surface area (Å²) in [5.74, 6) is 0. The highest BCUT2D eigenvalue weighted by Gasteiger charge is 2.25. The number of imidazole rings is 1. The number of hydrogen-bond donors (Lipinski definition) is 0. The Balaban J connectivity index is 2.26. The standard InChI is InChI=1S/C16H17BrN4O3S/c1-19(2)9-10-20-15-14(7-4-8-18-15)21(16(20)22)25(23,24)13-6-3-5-12(17)11-13/h3-8,11H,9-10H2,1-2H3. The van der Waals surface area contributed by atoms with Gasteiger partial charge in [-0.2, -0.15) is 3.97 Å². The van der Waals surface area contributed by atoms with E-state index in [1.165, 1.54) is 16.7 Å². The highest BCUT2D eigenvalue weighted by atomic mass is 79.9. The third-order valence-electron chi connectivity index (χ3n) is 3.75. The Bertz CT molecular complexity index is 1090. The Morgan fingerprint density at radius 1 is 1.20 bits per heavy atom. The number of nitrogens with zero attached hydrogens (tertiary/aromatic N) is 4. The van der Waals surface area contributed by atoms with E-state index in [2.05, 4.69) is 20.9 Å². The van der Waals surface area contributed by atoms with Crippen molar-refractivity contribution >= 4 is 37.1 Å². The zero-order valence-corrected chi connectivity index (χ0v) is 16.2. The molecule has 2 heterocycles. The van der Waals surface area contributed by atoms with Crippen LogP contribution in [0.4, 0.5) is 0 Å². The molecule has 0 radical (unpaired) electrons. The molecule has 0 aliphatic carbocycles. The van der Waals surface area contributed by atoms with Gasteiger partial charge in [-0.1, -0.05) is 22.0 Å². The molecule has 132 valence electrons. The maximum atomic E-state index is 13.1. The number of rotatable bonds is 5. The van der Waals surface area contributed by atoms with Gasteiger partial charge < -0.3 is 4.90 Å². The third-order valence-corrected chi connectivity index (χ3v) is 5.93. The molecule has 9 heteroatoms. The maximum Gasteiger partial charge on any atom is 0.344 e. The summed E-state index contributed by atoms with van der Waals surface area (Å²) < 4.78 is 29.0. The molecular formula is C16H17BrN4O3S. The molecule has 3 aromatic rings. The number of hydrogen-bond acceptors (Lipinski definition) is 5. The normalized spacial score (nSPS) is 12.2. The van der Waals surface area contributed by atoms with Crippen LogP contribution in [0.5, 0.6) is 0 Å². The van der Waals surface area contributed by atoms with Crippen LogP contribution in [0, 0.1) is 0 Å². The fourth-order valence-corrected chi connectivity index (χ4v) is 4.52. The first-order valence-corrected chi connectivity index (χ1v) is 9.78. The molecule has 0 saturated carbocycles. The molecule has 7 nitrogen and oxygen atoms in total. The summed E-state index contributed by atoms with van der Waals surface area (Å²) in [7, 11) is -0.267. The summed E-state index contributed by atoms with van der Waals surface area (Å²) >= 11 is 3.27. The van der Waals surface area contributed by atoms with Gasteiger partial charge in [0.2, 0.25) is 0 Å². The van der Waals surface area contributed by atoms with Gasteiger partial charge in [-0.25, -0.2) is 18.2 Å². The second kappa shape index (κ2) is 6.74. The lowest BCUT2D eigenvalue weighted by molar-refractivity contribution is 0.383. The molecular weight excluding hydrogens is 408 g/mol. The molecule has 0 spiro atoms. The summed E-state index contributed by atoms with van der Waals surface area (Å²) in [5, 5.41) is 0. The van der Waals surface area contributed by atoms with Gasteiger partial charge >= 0.3 is 5.69 Å². The Labute approximate surface area is 153 Å². The van der Waals surface area contributed by atoms with Crippen molar-refractivity contribution in [1.82, 2.24) is 18.4 Å². The van der Waals surface area contributed by atoms with Crippen LogP contribution in [-0.4, -0.2) is 47.5 Å². The third kappa shape index (κ3) is 3.26. The van der Waals surface area contributed by atoms with Crippen molar-refractivity contribution in [2.24, 2.45) is 0 Å². The summed E-state index contributed by atoms with van der Waals surface area (Å²) in [4.78, 5) is 19.1. The smallest absolute Gasteiger partial charge is 0.308 e. The van der Waals surface area contributed by atoms with E-state index >= 15 is 0 Å². The van der Waals surface area contributed by atoms with Gasteiger partial charge in [0.15, 0.2) is 5.65 Å². The first-order chi connectivity index (χ1) is 11.8. The minimum absolute atomic E-state index is 0.0412. The monoisotopic (exact) mass is 424 g/mol. The summed E-state index contributed by atoms with van der Waals surface area (Å²) in [6.45, 7) is 0.937. The quantitative estimate of drug-likeness (QED) is 0.623. The lowest BCUT2D eigenvalue weighted by Crippen LogP contribution is -2.32. The van der Waals surface area contributed by atoms with Crippen molar-refractivity contribution in [1.29, 1.82) is 0 Å². The van der Waals surface area contributed by atoms with Gasteiger partial charge in [-0.3, -0.25) is 4.57 Å². The zero-order chi connectivity index (χ0) is 18.2. The van der Waals surface area contributed by atoms with Gasteiger partial charge in [0.1, 0.15) is 5.52 Å². The first-order valence-electron chi connectivity index (χ1n) is 7.54. The SMILES string of the molecule is CN(C)CCn1c(=O)n(S(=O)(=O)c2cccc(Br)c2)c2cccnc21. The Morgan fingerprint density at radius 3 is 2.64 bits per heavy atom. The van der Waals surface area contributed by atoms with Gasteiger partial charge in [-0.05, 0) is 44.4 Å². The van der Waals surface area contributed by atoms with E-state index < -0.39 is 15.7 Å². The highest BCUT2D eigenvalue weighted by molar-refractivity contribution is 9.10. The van der Waals surface area contributed by atoms with Gasteiger partial charge in [0.25, 0.3) is 10.0 Å². The van der Waals surface area contributed by atoms with Crippen LogP contribution in [0.1, 0.15) is 0 Å². The van der Waals surface area contributed by atoms with Crippen molar-refractivity contribution in [2.75, 3.05) is 20.6 Å². The fourth-order valence-electron chi connectivity index (χ4n) is 2.52. The van der Waals surface area contributed by atoms with E-state index in [4.69, 9.17) is 0 Å². The van der Waals surface area contributed by atoms with E-state index in [1.807, 2.05) is 19.0 Å². The predicted molar refractivity (Wildman–Crippen MR) is 99.3 cm³/mol.